The van der Waals surface area contributed by atoms with E-state index in [9.17, 15) is 5.11 Å². The summed E-state index contributed by atoms with van der Waals surface area (Å²) < 4.78 is 5.93. The van der Waals surface area contributed by atoms with Crippen LogP contribution in [0.15, 0.2) is 48.5 Å². The summed E-state index contributed by atoms with van der Waals surface area (Å²) in [6, 6.07) is 17.6. The number of hydrogen-bond acceptors (Lipinski definition) is 4. The number of rotatable bonds is 8. The first-order chi connectivity index (χ1) is 14.2. The van der Waals surface area contributed by atoms with E-state index in [1.54, 1.807) is 0 Å². The molecule has 0 unspecified atom stereocenters. The highest BCUT2D eigenvalue weighted by Gasteiger charge is 2.21. The lowest BCUT2D eigenvalue weighted by Crippen LogP contribution is -2.40. The van der Waals surface area contributed by atoms with Crippen molar-refractivity contribution in [2.75, 3.05) is 20.2 Å². The van der Waals surface area contributed by atoms with Crippen molar-refractivity contribution >= 4 is 0 Å². The third-order valence-electron chi connectivity index (χ3n) is 6.35. The van der Waals surface area contributed by atoms with Gasteiger partial charge in [-0.3, -0.25) is 4.90 Å². The van der Waals surface area contributed by atoms with Crippen LogP contribution in [0.4, 0.5) is 0 Å². The molecule has 0 amide bonds. The summed E-state index contributed by atoms with van der Waals surface area (Å²) in [6.45, 7) is 3.95. The normalized spacial score (nSPS) is 18.7. The van der Waals surface area contributed by atoms with Crippen LogP contribution in [0.2, 0.25) is 0 Å². The van der Waals surface area contributed by atoms with Crippen molar-refractivity contribution in [2.45, 2.75) is 63.9 Å². The lowest BCUT2D eigenvalue weighted by molar-refractivity contribution is 0.0561. The van der Waals surface area contributed by atoms with E-state index >= 15 is 0 Å². The molecule has 4 rings (SSSR count). The zero-order chi connectivity index (χ0) is 20.1. The minimum Gasteiger partial charge on any atom is -0.491 e. The highest BCUT2D eigenvalue weighted by Crippen LogP contribution is 2.25. The van der Waals surface area contributed by atoms with Gasteiger partial charge in [-0.25, -0.2) is 0 Å². The van der Waals surface area contributed by atoms with E-state index in [0.29, 0.717) is 19.2 Å². The van der Waals surface area contributed by atoms with Crippen LogP contribution in [0, 0.1) is 0 Å². The van der Waals surface area contributed by atoms with Gasteiger partial charge in [0.2, 0.25) is 0 Å². The van der Waals surface area contributed by atoms with Crippen molar-refractivity contribution in [1.82, 2.24) is 9.80 Å². The van der Waals surface area contributed by atoms with Crippen molar-refractivity contribution in [2.24, 2.45) is 0 Å². The summed E-state index contributed by atoms with van der Waals surface area (Å²) in [7, 11) is 2.13. The molecule has 1 N–H and O–H groups in total. The van der Waals surface area contributed by atoms with Gasteiger partial charge in [-0.2, -0.15) is 0 Å². The number of hydrogen-bond donors (Lipinski definition) is 1. The predicted octanol–water partition coefficient (Wildman–Crippen LogP) is 4.21. The Labute approximate surface area is 175 Å². The molecule has 2 aromatic carbocycles. The zero-order valence-corrected chi connectivity index (χ0v) is 17.6. The standard InChI is InChI=1S/C25H34N2O2/c1-26(23-11-3-2-4-12-23)18-24(28)19-29-25-13-7-8-20(14-25)15-27-16-21-9-5-6-10-22(21)17-27/h5-10,13-14,23-24,28H,2-4,11-12,15-19H2,1H3/t24-/m1/s1. The maximum Gasteiger partial charge on any atom is 0.119 e. The average Bonchev–Trinajstić information content (AvgIpc) is 3.15. The Morgan fingerprint density at radius 3 is 2.48 bits per heavy atom. The fraction of sp³-hybridized carbons (Fsp3) is 0.520. The van der Waals surface area contributed by atoms with Crippen LogP contribution in [-0.4, -0.2) is 47.3 Å². The summed E-state index contributed by atoms with van der Waals surface area (Å²) in [5, 5.41) is 10.4. The van der Waals surface area contributed by atoms with Gasteiger partial charge < -0.3 is 14.7 Å². The van der Waals surface area contributed by atoms with Gasteiger partial charge in [0.15, 0.2) is 0 Å². The van der Waals surface area contributed by atoms with Crippen molar-refractivity contribution < 1.29 is 9.84 Å². The van der Waals surface area contributed by atoms with Crippen LogP contribution >= 0.6 is 0 Å². The molecule has 1 fully saturated rings. The Hall–Kier alpha value is -1.88. The molecule has 0 bridgehead atoms. The minimum atomic E-state index is -0.460. The van der Waals surface area contributed by atoms with E-state index in [1.165, 1.54) is 48.8 Å². The molecular weight excluding hydrogens is 360 g/mol. The molecule has 1 heterocycles. The van der Waals surface area contributed by atoms with Crippen LogP contribution in [0.1, 0.15) is 48.8 Å². The number of fused-ring (bicyclic) bond motifs is 1. The summed E-state index contributed by atoms with van der Waals surface area (Å²) in [5.74, 6) is 0.846. The minimum absolute atomic E-state index is 0.343. The number of nitrogens with zero attached hydrogens (tertiary/aromatic N) is 2. The SMILES string of the molecule is CN(C[C@@H](O)COc1cccc(CN2Cc3ccccc3C2)c1)C1CCCCC1. The Kier molecular flexibility index (Phi) is 6.86. The fourth-order valence-corrected chi connectivity index (χ4v) is 4.76. The van der Waals surface area contributed by atoms with Gasteiger partial charge in [-0.05, 0) is 48.7 Å². The zero-order valence-electron chi connectivity index (χ0n) is 17.6. The van der Waals surface area contributed by atoms with Crippen LogP contribution in [0.5, 0.6) is 5.75 Å². The van der Waals surface area contributed by atoms with Gasteiger partial charge >= 0.3 is 0 Å². The topological polar surface area (TPSA) is 35.9 Å². The fourth-order valence-electron chi connectivity index (χ4n) is 4.76. The molecule has 0 saturated heterocycles. The van der Waals surface area contributed by atoms with Gasteiger partial charge in [0.1, 0.15) is 18.5 Å². The molecule has 0 spiro atoms. The third-order valence-corrected chi connectivity index (χ3v) is 6.35. The highest BCUT2D eigenvalue weighted by molar-refractivity contribution is 5.32. The monoisotopic (exact) mass is 394 g/mol. The first-order valence-electron chi connectivity index (χ1n) is 11.1. The van der Waals surface area contributed by atoms with E-state index < -0.39 is 6.10 Å². The largest absolute Gasteiger partial charge is 0.491 e. The van der Waals surface area contributed by atoms with E-state index in [-0.39, 0.29) is 0 Å². The van der Waals surface area contributed by atoms with Gasteiger partial charge in [-0.1, -0.05) is 55.7 Å². The summed E-state index contributed by atoms with van der Waals surface area (Å²) in [6.07, 6.45) is 6.04. The Morgan fingerprint density at radius 1 is 1.03 bits per heavy atom. The molecule has 1 aliphatic heterocycles. The molecule has 1 saturated carbocycles. The van der Waals surface area contributed by atoms with Gasteiger partial charge in [0.05, 0.1) is 0 Å². The van der Waals surface area contributed by atoms with Crippen LogP contribution in [0.3, 0.4) is 0 Å². The molecular formula is C25H34N2O2. The second-order valence-electron chi connectivity index (χ2n) is 8.76. The first kappa shape index (κ1) is 20.4. The molecule has 29 heavy (non-hydrogen) atoms. The quantitative estimate of drug-likeness (QED) is 0.728. The van der Waals surface area contributed by atoms with Gasteiger partial charge in [0.25, 0.3) is 0 Å². The molecule has 4 nitrogen and oxygen atoms in total. The average molecular weight is 395 g/mol. The number of aliphatic hydroxyl groups is 1. The van der Waals surface area contributed by atoms with E-state index in [2.05, 4.69) is 59.3 Å². The van der Waals surface area contributed by atoms with Gasteiger partial charge in [-0.15, -0.1) is 0 Å². The van der Waals surface area contributed by atoms with Crippen LogP contribution in [-0.2, 0) is 19.6 Å². The van der Waals surface area contributed by atoms with E-state index in [4.69, 9.17) is 4.74 Å². The Balaban J connectivity index is 1.24. The number of aliphatic hydroxyl groups excluding tert-OH is 1. The molecule has 2 aromatic rings. The summed E-state index contributed by atoms with van der Waals surface area (Å²) in [4.78, 5) is 4.77. The summed E-state index contributed by atoms with van der Waals surface area (Å²) in [5.41, 5.74) is 4.12. The molecule has 4 heteroatoms. The molecule has 2 aliphatic rings. The second kappa shape index (κ2) is 9.75. The Bertz CT molecular complexity index is 763. The summed E-state index contributed by atoms with van der Waals surface area (Å²) >= 11 is 0. The second-order valence-corrected chi connectivity index (χ2v) is 8.76. The molecule has 1 atom stereocenters. The lowest BCUT2D eigenvalue weighted by atomic mass is 9.94. The third kappa shape index (κ3) is 5.59. The van der Waals surface area contributed by atoms with Crippen molar-refractivity contribution in [3.63, 3.8) is 0 Å². The van der Waals surface area contributed by atoms with Crippen LogP contribution in [0.25, 0.3) is 0 Å². The van der Waals surface area contributed by atoms with Gasteiger partial charge in [0, 0.05) is 32.2 Å². The molecule has 0 radical (unpaired) electrons. The number of likely N-dealkylation sites (N-methyl/N-ethyl adjacent to an activating group) is 1. The number of benzene rings is 2. The highest BCUT2D eigenvalue weighted by atomic mass is 16.5. The van der Waals surface area contributed by atoms with E-state index in [0.717, 1.165) is 25.4 Å². The Morgan fingerprint density at radius 2 is 1.76 bits per heavy atom. The molecule has 0 aromatic heterocycles. The first-order valence-corrected chi connectivity index (χ1v) is 11.1. The van der Waals surface area contributed by atoms with Crippen LogP contribution < -0.4 is 4.74 Å². The van der Waals surface area contributed by atoms with Crippen molar-refractivity contribution in [3.8, 4) is 5.75 Å². The smallest absolute Gasteiger partial charge is 0.119 e. The van der Waals surface area contributed by atoms with Crippen molar-refractivity contribution in [3.05, 3.63) is 65.2 Å². The molecule has 1 aliphatic carbocycles. The predicted molar refractivity (Wildman–Crippen MR) is 117 cm³/mol. The maximum absolute atomic E-state index is 10.4. The van der Waals surface area contributed by atoms with E-state index in [1.807, 2.05) is 6.07 Å². The van der Waals surface area contributed by atoms with Crippen molar-refractivity contribution in [1.29, 1.82) is 0 Å². The maximum atomic E-state index is 10.4. The number of ether oxygens (including phenoxy) is 1. The molecule has 156 valence electrons. The lowest BCUT2D eigenvalue weighted by Gasteiger charge is -2.32.